The van der Waals surface area contributed by atoms with E-state index in [-0.39, 0.29) is 0 Å². The van der Waals surface area contributed by atoms with Crippen LogP contribution in [0.3, 0.4) is 0 Å². The minimum atomic E-state index is -2.34. The zero-order chi connectivity index (χ0) is 15.3. The number of rotatable bonds is 8. The fourth-order valence-electron chi connectivity index (χ4n) is 4.17. The second-order valence-electron chi connectivity index (χ2n) is 6.06. The zero-order valence-electron chi connectivity index (χ0n) is 14.4. The molecule has 0 aromatic carbocycles. The Kier molecular flexibility index (Phi) is 6.27. The summed E-state index contributed by atoms with van der Waals surface area (Å²) in [5, 5.41) is 3.19. The largest absolute Gasteiger partial charge is 0.398 e. The van der Waals surface area contributed by atoms with E-state index in [1.54, 1.807) is 21.5 Å². The molecule has 0 saturated carbocycles. The molecule has 21 heavy (non-hydrogen) atoms. The standard InChI is InChI=1S/C18H32O2Si/c1-5-15-11-9-13-17(15)21(19-7-3,20-8-4)18-14-10-12-16(18)6-2/h5-14H2,1-4H3. The van der Waals surface area contributed by atoms with E-state index >= 15 is 0 Å². The molecule has 0 spiro atoms. The lowest BCUT2D eigenvalue weighted by Gasteiger charge is -2.34. The molecule has 0 aromatic rings. The van der Waals surface area contributed by atoms with Gasteiger partial charge in [-0.05, 0) is 75.6 Å². The molecule has 120 valence electrons. The van der Waals surface area contributed by atoms with Crippen LogP contribution in [-0.2, 0) is 8.85 Å². The predicted octanol–water partition coefficient (Wildman–Crippen LogP) is 5.36. The molecule has 2 nitrogen and oxygen atoms in total. The van der Waals surface area contributed by atoms with E-state index < -0.39 is 8.56 Å². The monoisotopic (exact) mass is 308 g/mol. The molecule has 0 amide bonds. The topological polar surface area (TPSA) is 18.5 Å². The fraction of sp³-hybridized carbons (Fsp3) is 0.778. The Labute approximate surface area is 131 Å². The van der Waals surface area contributed by atoms with Gasteiger partial charge in [0, 0.05) is 13.2 Å². The quantitative estimate of drug-likeness (QED) is 0.562. The van der Waals surface area contributed by atoms with Gasteiger partial charge >= 0.3 is 8.56 Å². The van der Waals surface area contributed by atoms with Crippen molar-refractivity contribution in [1.29, 1.82) is 0 Å². The third kappa shape index (κ3) is 3.20. The Morgan fingerprint density at radius 2 is 1.14 bits per heavy atom. The molecule has 0 saturated heterocycles. The summed E-state index contributed by atoms with van der Waals surface area (Å²) in [6, 6.07) is 0. The Morgan fingerprint density at radius 1 is 0.714 bits per heavy atom. The van der Waals surface area contributed by atoms with Crippen molar-refractivity contribution in [3.63, 3.8) is 0 Å². The highest BCUT2D eigenvalue weighted by atomic mass is 28.4. The summed E-state index contributed by atoms with van der Waals surface area (Å²) in [4.78, 5) is 0. The summed E-state index contributed by atoms with van der Waals surface area (Å²) in [5.41, 5.74) is 3.27. The summed E-state index contributed by atoms with van der Waals surface area (Å²) in [6.07, 6.45) is 9.85. The van der Waals surface area contributed by atoms with Gasteiger partial charge in [0.15, 0.2) is 0 Å². The fourth-order valence-corrected chi connectivity index (χ4v) is 8.67. The summed E-state index contributed by atoms with van der Waals surface area (Å²) in [7, 11) is -2.34. The van der Waals surface area contributed by atoms with Gasteiger partial charge in [0.25, 0.3) is 0 Å². The molecule has 2 aliphatic rings. The molecule has 0 unspecified atom stereocenters. The predicted molar refractivity (Wildman–Crippen MR) is 91.3 cm³/mol. The SMILES string of the molecule is CCO[Si](OCC)(C1=C(CC)CCC1)C1=C(CC)CCC1. The number of hydrogen-bond donors (Lipinski definition) is 0. The first-order valence-electron chi connectivity index (χ1n) is 8.94. The van der Waals surface area contributed by atoms with E-state index in [0.29, 0.717) is 0 Å². The van der Waals surface area contributed by atoms with Gasteiger partial charge in [-0.15, -0.1) is 0 Å². The second kappa shape index (κ2) is 7.75. The molecule has 2 aliphatic carbocycles. The lowest BCUT2D eigenvalue weighted by Crippen LogP contribution is -2.47. The molecule has 0 heterocycles. The van der Waals surface area contributed by atoms with Gasteiger partial charge in [-0.1, -0.05) is 25.0 Å². The van der Waals surface area contributed by atoms with Gasteiger partial charge in [0.05, 0.1) is 0 Å². The van der Waals surface area contributed by atoms with E-state index in [0.717, 1.165) is 13.2 Å². The van der Waals surface area contributed by atoms with Crippen molar-refractivity contribution in [2.45, 2.75) is 79.1 Å². The lowest BCUT2D eigenvalue weighted by atomic mass is 10.2. The maximum absolute atomic E-state index is 6.50. The molecule has 3 heteroatoms. The van der Waals surface area contributed by atoms with Crippen LogP contribution in [0.5, 0.6) is 0 Å². The first-order chi connectivity index (χ1) is 10.2. The van der Waals surface area contributed by atoms with Crippen molar-refractivity contribution >= 4 is 8.56 Å². The molecule has 0 fully saturated rings. The van der Waals surface area contributed by atoms with Gasteiger partial charge in [0.1, 0.15) is 0 Å². The molecule has 0 N–H and O–H groups in total. The molecule has 0 radical (unpaired) electrons. The molecular weight excluding hydrogens is 276 g/mol. The van der Waals surface area contributed by atoms with Gasteiger partial charge in [-0.3, -0.25) is 0 Å². The summed E-state index contributed by atoms with van der Waals surface area (Å²) in [6.45, 7) is 10.4. The summed E-state index contributed by atoms with van der Waals surface area (Å²) >= 11 is 0. The Bertz CT molecular complexity index is 383. The van der Waals surface area contributed by atoms with Gasteiger partial charge in [-0.2, -0.15) is 0 Å². The van der Waals surface area contributed by atoms with E-state index in [2.05, 4.69) is 27.7 Å². The maximum atomic E-state index is 6.50. The van der Waals surface area contributed by atoms with Crippen LogP contribution in [0, 0.1) is 0 Å². The van der Waals surface area contributed by atoms with Gasteiger partial charge < -0.3 is 8.85 Å². The van der Waals surface area contributed by atoms with Crippen LogP contribution in [0.15, 0.2) is 21.5 Å². The molecular formula is C18H32O2Si. The third-order valence-electron chi connectivity index (χ3n) is 5.01. The third-order valence-corrected chi connectivity index (χ3v) is 9.19. The van der Waals surface area contributed by atoms with Crippen LogP contribution in [-0.4, -0.2) is 21.8 Å². The van der Waals surface area contributed by atoms with E-state index in [1.807, 2.05) is 0 Å². The highest BCUT2D eigenvalue weighted by Gasteiger charge is 2.49. The first kappa shape index (κ1) is 17.0. The molecule has 0 aliphatic heterocycles. The molecule has 2 rings (SSSR count). The Morgan fingerprint density at radius 3 is 1.48 bits per heavy atom. The summed E-state index contributed by atoms with van der Waals surface area (Å²) in [5.74, 6) is 0. The zero-order valence-corrected chi connectivity index (χ0v) is 15.4. The number of hydrogen-bond acceptors (Lipinski definition) is 2. The average Bonchev–Trinajstić information content (AvgIpc) is 3.15. The van der Waals surface area contributed by atoms with E-state index in [9.17, 15) is 0 Å². The second-order valence-corrected chi connectivity index (χ2v) is 9.08. The Hall–Kier alpha value is -0.383. The van der Waals surface area contributed by atoms with Crippen LogP contribution < -0.4 is 0 Å². The van der Waals surface area contributed by atoms with Crippen molar-refractivity contribution in [3.8, 4) is 0 Å². The maximum Gasteiger partial charge on any atom is 0.398 e. The molecule has 0 bridgehead atoms. The van der Waals surface area contributed by atoms with Crippen molar-refractivity contribution in [3.05, 3.63) is 21.5 Å². The highest BCUT2D eigenvalue weighted by molar-refractivity contribution is 6.82. The van der Waals surface area contributed by atoms with Crippen molar-refractivity contribution in [2.75, 3.05) is 13.2 Å². The van der Waals surface area contributed by atoms with Crippen LogP contribution in [0.4, 0.5) is 0 Å². The normalized spacial score (nSPS) is 20.0. The Balaban J connectivity index is 2.52. The van der Waals surface area contributed by atoms with Crippen molar-refractivity contribution in [2.24, 2.45) is 0 Å². The van der Waals surface area contributed by atoms with E-state index in [1.165, 1.54) is 51.4 Å². The molecule has 0 aromatic heterocycles. The highest BCUT2D eigenvalue weighted by Crippen LogP contribution is 2.44. The van der Waals surface area contributed by atoms with Crippen LogP contribution in [0.1, 0.15) is 79.1 Å². The van der Waals surface area contributed by atoms with Crippen LogP contribution >= 0.6 is 0 Å². The van der Waals surface area contributed by atoms with Crippen molar-refractivity contribution in [1.82, 2.24) is 0 Å². The van der Waals surface area contributed by atoms with Gasteiger partial charge in [-0.25, -0.2) is 0 Å². The molecule has 0 atom stereocenters. The van der Waals surface area contributed by atoms with E-state index in [4.69, 9.17) is 8.85 Å². The van der Waals surface area contributed by atoms with Crippen LogP contribution in [0.25, 0.3) is 0 Å². The van der Waals surface area contributed by atoms with Crippen LogP contribution in [0.2, 0.25) is 0 Å². The smallest absolute Gasteiger partial charge is 0.388 e. The van der Waals surface area contributed by atoms with Gasteiger partial charge in [0.2, 0.25) is 0 Å². The minimum absolute atomic E-state index is 0.771. The summed E-state index contributed by atoms with van der Waals surface area (Å²) < 4.78 is 13.0. The first-order valence-corrected chi connectivity index (χ1v) is 10.8. The van der Waals surface area contributed by atoms with Crippen molar-refractivity contribution < 1.29 is 8.85 Å². The lowest BCUT2D eigenvalue weighted by molar-refractivity contribution is 0.197. The average molecular weight is 309 g/mol. The number of allylic oxidation sites excluding steroid dienone is 4. The minimum Gasteiger partial charge on any atom is -0.388 e.